The van der Waals surface area contributed by atoms with Crippen LogP contribution in [0.25, 0.3) is 32.6 Å². The number of nitrogens with one attached hydrogen (secondary N) is 2. The molecule has 2 aliphatic rings. The van der Waals surface area contributed by atoms with Crippen LogP contribution >= 0.6 is 11.3 Å². The van der Waals surface area contributed by atoms with Gasteiger partial charge in [-0.05, 0) is 61.6 Å². The number of aromatic nitrogens is 2. The van der Waals surface area contributed by atoms with E-state index >= 15 is 4.39 Å². The van der Waals surface area contributed by atoms with Gasteiger partial charge in [0.1, 0.15) is 35.4 Å². The first kappa shape index (κ1) is 30.6. The highest BCUT2D eigenvalue weighted by atomic mass is 32.1. The number of amides is 1. The summed E-state index contributed by atoms with van der Waals surface area (Å²) in [6, 6.07) is 10.4. The van der Waals surface area contributed by atoms with Crippen LogP contribution in [0.4, 0.5) is 8.78 Å². The first-order chi connectivity index (χ1) is 21.6. The highest BCUT2D eigenvalue weighted by Crippen LogP contribution is 2.41. The summed E-state index contributed by atoms with van der Waals surface area (Å²) in [5, 5.41) is 17.3. The molecular weight excluding hydrogens is 582 g/mol. The van der Waals surface area contributed by atoms with Gasteiger partial charge in [-0.3, -0.25) is 4.79 Å². The Morgan fingerprint density at radius 3 is 2.66 bits per heavy atom. The lowest BCUT2D eigenvalue weighted by Crippen LogP contribution is -2.33. The van der Waals surface area contributed by atoms with Gasteiger partial charge in [-0.1, -0.05) is 37.8 Å². The summed E-state index contributed by atoms with van der Waals surface area (Å²) in [4.78, 5) is 12.4. The van der Waals surface area contributed by atoms with Crippen LogP contribution < -0.4 is 15.4 Å². The molecule has 0 spiro atoms. The zero-order chi connectivity index (χ0) is 30.3. The third kappa shape index (κ3) is 7.08. The molecule has 4 aromatic rings. The number of rotatable bonds is 10. The van der Waals surface area contributed by atoms with E-state index in [-0.39, 0.29) is 36.6 Å². The van der Waals surface area contributed by atoms with Gasteiger partial charge in [0.2, 0.25) is 5.91 Å². The first-order valence-electron chi connectivity index (χ1n) is 15.6. The second-order valence-corrected chi connectivity index (χ2v) is 12.4. The van der Waals surface area contributed by atoms with Gasteiger partial charge in [0, 0.05) is 41.6 Å². The van der Waals surface area contributed by atoms with Gasteiger partial charge in [-0.25, -0.2) is 8.78 Å². The molecule has 0 radical (unpaired) electrons. The molecule has 7 nitrogen and oxygen atoms in total. The van der Waals surface area contributed by atoms with Crippen molar-refractivity contribution in [2.24, 2.45) is 5.92 Å². The molecule has 10 heteroatoms. The predicted octanol–water partition coefficient (Wildman–Crippen LogP) is 6.82. The van der Waals surface area contributed by atoms with Crippen LogP contribution in [-0.4, -0.2) is 49.0 Å². The minimum absolute atomic E-state index is 0.104. The molecule has 1 amide bonds. The van der Waals surface area contributed by atoms with Gasteiger partial charge in [-0.2, -0.15) is 0 Å². The zero-order valence-corrected chi connectivity index (χ0v) is 25.6. The number of fused-ring (bicyclic) bond motifs is 2. The Bertz CT molecular complexity index is 1600. The Kier molecular flexibility index (Phi) is 10.1. The maximum absolute atomic E-state index is 15.3. The Balaban J connectivity index is 1.13. The van der Waals surface area contributed by atoms with Gasteiger partial charge in [0.15, 0.2) is 0 Å². The second kappa shape index (κ2) is 14.5. The third-order valence-electron chi connectivity index (χ3n) is 8.50. The Hall–Kier alpha value is -3.47. The minimum atomic E-state index is -0.456. The fraction of sp³-hybridized carbons (Fsp3) is 0.441. The first-order valence-corrected chi connectivity index (χ1v) is 16.5. The summed E-state index contributed by atoms with van der Waals surface area (Å²) in [5.41, 5.74) is 4.74. The summed E-state index contributed by atoms with van der Waals surface area (Å²) >= 11 is 1.24. The molecule has 1 aliphatic heterocycles. The molecule has 3 heterocycles. The topological polar surface area (TPSA) is 85.4 Å². The molecule has 6 rings (SSSR count). The highest BCUT2D eigenvalue weighted by Gasteiger charge is 2.22. The maximum Gasteiger partial charge on any atom is 0.223 e. The average Bonchev–Trinajstić information content (AvgIpc) is 3.22. The van der Waals surface area contributed by atoms with Gasteiger partial charge < -0.3 is 20.1 Å². The third-order valence-corrected chi connectivity index (χ3v) is 9.46. The summed E-state index contributed by atoms with van der Waals surface area (Å²) in [5.74, 6) is -0.328. The van der Waals surface area contributed by atoms with Crippen LogP contribution in [0.15, 0.2) is 41.8 Å². The molecule has 2 aromatic heterocycles. The standard InChI is InChI=1S/C34H38F2N4O3S/c35-26-11-12-27(29(19-26)43-17-16-42-15-14-38-34(41)23-6-3-1-2-4-7-23)32-33-30(28(36)21-44-33)31(39-40-32)24-10-9-22-8-5-13-37-20-25(22)18-24/h9-12,18-19,21,23,37H,1-8,13-17,20H2,(H,38,41). The lowest BCUT2D eigenvalue weighted by atomic mass is 9.98. The number of halogens is 2. The molecule has 1 aliphatic carbocycles. The fourth-order valence-corrected chi connectivity index (χ4v) is 7.08. The van der Waals surface area contributed by atoms with E-state index in [1.54, 1.807) is 6.07 Å². The monoisotopic (exact) mass is 620 g/mol. The highest BCUT2D eigenvalue weighted by molar-refractivity contribution is 7.17. The number of nitrogens with zero attached hydrogens (tertiary/aromatic N) is 2. The van der Waals surface area contributed by atoms with Crippen LogP contribution in [0.1, 0.15) is 56.1 Å². The van der Waals surface area contributed by atoms with Crippen LogP contribution in [-0.2, 0) is 22.5 Å². The number of carbonyl (C=O) groups is 1. The van der Waals surface area contributed by atoms with Crippen LogP contribution in [0, 0.1) is 17.6 Å². The molecule has 0 atom stereocenters. The van der Waals surface area contributed by atoms with Gasteiger partial charge in [0.05, 0.1) is 23.3 Å². The molecule has 44 heavy (non-hydrogen) atoms. The lowest BCUT2D eigenvalue weighted by molar-refractivity contribution is -0.125. The fourth-order valence-electron chi connectivity index (χ4n) is 6.17. The molecule has 232 valence electrons. The molecule has 0 unspecified atom stereocenters. The second-order valence-electron chi connectivity index (χ2n) is 11.5. The Morgan fingerprint density at radius 2 is 1.80 bits per heavy atom. The number of thiophene rings is 1. The van der Waals surface area contributed by atoms with Crippen molar-refractivity contribution >= 4 is 27.3 Å². The van der Waals surface area contributed by atoms with Gasteiger partial charge in [-0.15, -0.1) is 21.5 Å². The van der Waals surface area contributed by atoms with Crippen LogP contribution in [0.3, 0.4) is 0 Å². The van der Waals surface area contributed by atoms with Crippen LogP contribution in [0.5, 0.6) is 5.75 Å². The smallest absolute Gasteiger partial charge is 0.223 e. The maximum atomic E-state index is 15.3. The Morgan fingerprint density at radius 1 is 0.955 bits per heavy atom. The van der Waals surface area contributed by atoms with Crippen molar-refractivity contribution in [3.05, 3.63) is 64.5 Å². The zero-order valence-electron chi connectivity index (χ0n) is 24.8. The molecule has 2 aromatic carbocycles. The summed E-state index contributed by atoms with van der Waals surface area (Å²) in [7, 11) is 0. The summed E-state index contributed by atoms with van der Waals surface area (Å²) < 4.78 is 41.8. The van der Waals surface area contributed by atoms with E-state index in [1.165, 1.54) is 52.8 Å². The van der Waals surface area contributed by atoms with Crippen LogP contribution in [0.2, 0.25) is 0 Å². The SMILES string of the molecule is O=C(NCCOCCOc1cc(F)ccc1-c1nnc(-c2ccc3c(c2)CNCCC3)c2c(F)csc12)C1CCCCCC1. The summed E-state index contributed by atoms with van der Waals surface area (Å²) in [6.45, 7) is 2.96. The molecule has 1 saturated carbocycles. The van der Waals surface area contributed by atoms with Gasteiger partial charge >= 0.3 is 0 Å². The van der Waals surface area contributed by atoms with Crippen molar-refractivity contribution in [2.75, 3.05) is 32.9 Å². The van der Waals surface area contributed by atoms with Crippen molar-refractivity contribution in [2.45, 2.75) is 57.9 Å². The molecule has 0 bridgehead atoms. The number of hydrogen-bond donors (Lipinski definition) is 2. The summed E-state index contributed by atoms with van der Waals surface area (Å²) in [6.07, 6.45) is 8.65. The number of ether oxygens (including phenoxy) is 2. The number of carbonyl (C=O) groups excluding carboxylic acids is 1. The van der Waals surface area contributed by atoms with E-state index in [2.05, 4.69) is 33.0 Å². The number of benzene rings is 2. The van der Waals surface area contributed by atoms with E-state index < -0.39 is 5.82 Å². The average molecular weight is 621 g/mol. The predicted molar refractivity (Wildman–Crippen MR) is 169 cm³/mol. The molecular formula is C34H38F2N4O3S. The minimum Gasteiger partial charge on any atom is -0.490 e. The van der Waals surface area contributed by atoms with Crippen molar-refractivity contribution in [1.29, 1.82) is 0 Å². The molecule has 1 fully saturated rings. The Labute approximate surface area is 260 Å². The largest absolute Gasteiger partial charge is 0.490 e. The van der Waals surface area contributed by atoms with E-state index in [4.69, 9.17) is 9.47 Å². The molecule has 2 N–H and O–H groups in total. The number of aryl methyl sites for hydroxylation is 1. The number of hydrogen-bond acceptors (Lipinski definition) is 7. The quantitative estimate of drug-likeness (QED) is 0.150. The normalized spacial score (nSPS) is 15.9. The van der Waals surface area contributed by atoms with E-state index in [1.807, 2.05) is 6.07 Å². The van der Waals surface area contributed by atoms with Crippen molar-refractivity contribution in [3.8, 4) is 28.3 Å². The van der Waals surface area contributed by atoms with E-state index in [9.17, 15) is 9.18 Å². The molecule has 0 saturated heterocycles. The van der Waals surface area contributed by atoms with Gasteiger partial charge in [0.25, 0.3) is 0 Å². The van der Waals surface area contributed by atoms with Crippen molar-refractivity contribution < 1.29 is 23.0 Å². The van der Waals surface area contributed by atoms with Crippen molar-refractivity contribution in [3.63, 3.8) is 0 Å². The lowest BCUT2D eigenvalue weighted by Gasteiger charge is -2.15. The van der Waals surface area contributed by atoms with E-state index in [0.717, 1.165) is 57.2 Å². The van der Waals surface area contributed by atoms with Crippen molar-refractivity contribution in [1.82, 2.24) is 20.8 Å². The van der Waals surface area contributed by atoms with E-state index in [0.29, 0.717) is 40.2 Å².